The minimum atomic E-state index is -1.09. The first-order valence-corrected chi connectivity index (χ1v) is 11.3. The first-order valence-electron chi connectivity index (χ1n) is 10.4. The summed E-state index contributed by atoms with van der Waals surface area (Å²) in [6, 6.07) is 13.6. The molecule has 1 aliphatic heterocycles. The lowest BCUT2D eigenvalue weighted by Gasteiger charge is -2.43. The highest BCUT2D eigenvalue weighted by atomic mass is 32.1. The van der Waals surface area contributed by atoms with Crippen molar-refractivity contribution in [3.63, 3.8) is 0 Å². The second kappa shape index (κ2) is 8.55. The summed E-state index contributed by atoms with van der Waals surface area (Å²) in [5, 5.41) is 8.54. The van der Waals surface area contributed by atoms with E-state index in [1.54, 1.807) is 23.2 Å². The summed E-state index contributed by atoms with van der Waals surface area (Å²) in [7, 11) is 0. The molecular formula is C23H26N4O3S. The zero-order valence-corrected chi connectivity index (χ0v) is 18.5. The molecule has 3 aromatic rings. The van der Waals surface area contributed by atoms with Crippen LogP contribution in [-0.2, 0) is 22.6 Å². The number of thiophene rings is 1. The number of fused-ring (bicyclic) bond motifs is 3. The Morgan fingerprint density at radius 2 is 1.97 bits per heavy atom. The van der Waals surface area contributed by atoms with Crippen LogP contribution in [0.25, 0.3) is 10.9 Å². The molecule has 0 spiro atoms. The van der Waals surface area contributed by atoms with Crippen LogP contribution in [0.5, 0.6) is 0 Å². The summed E-state index contributed by atoms with van der Waals surface area (Å²) in [4.78, 5) is 41.3. The van der Waals surface area contributed by atoms with Gasteiger partial charge in [-0.15, -0.1) is 11.3 Å². The summed E-state index contributed by atoms with van der Waals surface area (Å²) in [6.07, 6.45) is 0.761. The Balaban J connectivity index is 1.44. The number of carbonyl (C=O) groups excluding carboxylic acids is 3. The van der Waals surface area contributed by atoms with Gasteiger partial charge in [-0.1, -0.05) is 24.3 Å². The third-order valence-corrected chi connectivity index (χ3v) is 6.76. The summed E-state index contributed by atoms with van der Waals surface area (Å²) in [5.74, 6) is -0.756. The van der Waals surface area contributed by atoms with Crippen LogP contribution in [0.4, 0.5) is 0 Å². The molecule has 0 saturated carbocycles. The molecule has 4 rings (SSSR count). The summed E-state index contributed by atoms with van der Waals surface area (Å²) < 4.78 is 1.91. The van der Waals surface area contributed by atoms with E-state index in [4.69, 9.17) is 0 Å². The molecule has 0 fully saturated rings. The van der Waals surface area contributed by atoms with Gasteiger partial charge in [0, 0.05) is 28.9 Å². The predicted molar refractivity (Wildman–Crippen MR) is 121 cm³/mol. The standard InChI is InChI=1S/C23H26N4O3S/c1-3-27-21(29)19-13-16-7-4-5-9-18(16)26(19)15-23(27,2)22(30)25-14-20(28)24-11-10-17-8-6-12-31-17/h4-9,12-13H,3,10-11,14-15H2,1-2H3,(H,24,28)(H,25,30). The predicted octanol–water partition coefficient (Wildman–Crippen LogP) is 2.41. The van der Waals surface area contributed by atoms with Gasteiger partial charge in [0.2, 0.25) is 11.8 Å². The van der Waals surface area contributed by atoms with Crippen LogP contribution in [0, 0.1) is 0 Å². The Morgan fingerprint density at radius 1 is 1.16 bits per heavy atom. The Morgan fingerprint density at radius 3 is 2.71 bits per heavy atom. The van der Waals surface area contributed by atoms with Gasteiger partial charge < -0.3 is 20.1 Å². The Kier molecular flexibility index (Phi) is 5.82. The quantitative estimate of drug-likeness (QED) is 0.594. The first-order chi connectivity index (χ1) is 14.9. The number of nitrogens with zero attached hydrogens (tertiary/aromatic N) is 2. The largest absolute Gasteiger partial charge is 0.354 e. The first kappa shape index (κ1) is 21.1. The second-order valence-corrected chi connectivity index (χ2v) is 8.89. The topological polar surface area (TPSA) is 83.4 Å². The number of carbonyl (C=O) groups is 3. The van der Waals surface area contributed by atoms with Crippen molar-refractivity contribution in [1.29, 1.82) is 0 Å². The molecule has 0 bridgehead atoms. The SMILES string of the molecule is CCN1C(=O)c2cc3ccccc3n2CC1(C)C(=O)NCC(=O)NCCc1cccs1. The number of likely N-dealkylation sites (N-methyl/N-ethyl adjacent to an activating group) is 1. The number of hydrogen-bond donors (Lipinski definition) is 2. The highest BCUT2D eigenvalue weighted by molar-refractivity contribution is 7.09. The van der Waals surface area contributed by atoms with Crippen LogP contribution in [0.1, 0.15) is 29.2 Å². The monoisotopic (exact) mass is 438 g/mol. The van der Waals surface area contributed by atoms with Crippen LogP contribution in [0.15, 0.2) is 47.8 Å². The minimum absolute atomic E-state index is 0.121. The van der Waals surface area contributed by atoms with E-state index in [9.17, 15) is 14.4 Å². The number of benzene rings is 1. The molecule has 1 atom stereocenters. The number of hydrogen-bond acceptors (Lipinski definition) is 4. The lowest BCUT2D eigenvalue weighted by Crippen LogP contribution is -2.64. The Labute approximate surface area is 185 Å². The molecule has 3 amide bonds. The van der Waals surface area contributed by atoms with E-state index in [0.717, 1.165) is 17.3 Å². The summed E-state index contributed by atoms with van der Waals surface area (Å²) in [6.45, 7) is 4.75. The molecule has 0 aliphatic carbocycles. The highest BCUT2D eigenvalue weighted by Crippen LogP contribution is 2.32. The van der Waals surface area contributed by atoms with Gasteiger partial charge in [-0.3, -0.25) is 14.4 Å². The van der Waals surface area contributed by atoms with Crippen molar-refractivity contribution >= 4 is 40.0 Å². The second-order valence-electron chi connectivity index (χ2n) is 7.86. The van der Waals surface area contributed by atoms with Crippen LogP contribution in [0.3, 0.4) is 0 Å². The molecule has 1 aliphatic rings. The maximum atomic E-state index is 13.2. The fourth-order valence-corrected chi connectivity index (χ4v) is 4.90. The number of nitrogens with one attached hydrogen (secondary N) is 2. The lowest BCUT2D eigenvalue weighted by molar-refractivity contribution is -0.134. The van der Waals surface area contributed by atoms with Crippen LogP contribution in [-0.4, -0.2) is 52.4 Å². The van der Waals surface area contributed by atoms with Gasteiger partial charge in [0.15, 0.2) is 0 Å². The summed E-state index contributed by atoms with van der Waals surface area (Å²) >= 11 is 1.65. The van der Waals surface area contributed by atoms with Gasteiger partial charge in [-0.2, -0.15) is 0 Å². The van der Waals surface area contributed by atoms with Crippen molar-refractivity contribution in [2.75, 3.05) is 19.6 Å². The van der Waals surface area contributed by atoms with Gasteiger partial charge in [0.1, 0.15) is 11.2 Å². The molecule has 3 heterocycles. The average molecular weight is 439 g/mol. The van der Waals surface area contributed by atoms with Gasteiger partial charge in [-0.25, -0.2) is 0 Å². The smallest absolute Gasteiger partial charge is 0.271 e. The maximum Gasteiger partial charge on any atom is 0.271 e. The third-order valence-electron chi connectivity index (χ3n) is 5.83. The molecule has 1 aromatic carbocycles. The molecule has 162 valence electrons. The molecular weight excluding hydrogens is 412 g/mol. The molecule has 31 heavy (non-hydrogen) atoms. The van der Waals surface area contributed by atoms with Crippen molar-refractivity contribution < 1.29 is 14.4 Å². The Bertz CT molecular complexity index is 1120. The molecule has 0 saturated heterocycles. The van der Waals surface area contributed by atoms with Gasteiger partial charge in [0.25, 0.3) is 5.91 Å². The third kappa shape index (κ3) is 3.95. The van der Waals surface area contributed by atoms with Crippen LogP contribution in [0.2, 0.25) is 0 Å². The van der Waals surface area contributed by atoms with E-state index in [-0.39, 0.29) is 24.3 Å². The van der Waals surface area contributed by atoms with Crippen LogP contribution >= 0.6 is 11.3 Å². The highest BCUT2D eigenvalue weighted by Gasteiger charge is 2.46. The van der Waals surface area contributed by atoms with E-state index in [0.29, 0.717) is 25.3 Å². The molecule has 2 aromatic heterocycles. The van der Waals surface area contributed by atoms with E-state index in [1.165, 1.54) is 4.88 Å². The maximum absolute atomic E-state index is 13.2. The lowest BCUT2D eigenvalue weighted by atomic mass is 9.95. The van der Waals surface area contributed by atoms with E-state index in [1.807, 2.05) is 59.3 Å². The minimum Gasteiger partial charge on any atom is -0.354 e. The Hall–Kier alpha value is -3.13. The molecule has 8 heteroatoms. The molecule has 0 radical (unpaired) electrons. The van der Waals surface area contributed by atoms with E-state index >= 15 is 0 Å². The van der Waals surface area contributed by atoms with Crippen molar-refractivity contribution in [3.8, 4) is 0 Å². The van der Waals surface area contributed by atoms with Crippen molar-refractivity contribution in [3.05, 3.63) is 58.4 Å². The van der Waals surface area contributed by atoms with E-state index < -0.39 is 5.54 Å². The van der Waals surface area contributed by atoms with Crippen molar-refractivity contribution in [2.45, 2.75) is 32.4 Å². The number of para-hydroxylation sites is 1. The van der Waals surface area contributed by atoms with Gasteiger partial charge in [-0.05, 0) is 43.8 Å². The number of aromatic nitrogens is 1. The molecule has 1 unspecified atom stereocenters. The number of rotatable bonds is 7. The van der Waals surface area contributed by atoms with Crippen LogP contribution < -0.4 is 10.6 Å². The zero-order valence-electron chi connectivity index (χ0n) is 17.7. The van der Waals surface area contributed by atoms with Crippen molar-refractivity contribution in [2.24, 2.45) is 0 Å². The fourth-order valence-electron chi connectivity index (χ4n) is 4.19. The normalized spacial score (nSPS) is 18.1. The molecule has 7 nitrogen and oxygen atoms in total. The molecule has 2 N–H and O–H groups in total. The number of amides is 3. The fraction of sp³-hybridized carbons (Fsp3) is 0.348. The van der Waals surface area contributed by atoms with Gasteiger partial charge in [0.05, 0.1) is 13.1 Å². The van der Waals surface area contributed by atoms with Gasteiger partial charge >= 0.3 is 0 Å². The zero-order chi connectivity index (χ0) is 22.0. The van der Waals surface area contributed by atoms with E-state index in [2.05, 4.69) is 10.6 Å². The average Bonchev–Trinajstić information content (AvgIpc) is 3.40. The summed E-state index contributed by atoms with van der Waals surface area (Å²) in [5.41, 5.74) is 0.421. The van der Waals surface area contributed by atoms with Crippen molar-refractivity contribution in [1.82, 2.24) is 20.1 Å².